The molecule has 12 heavy (non-hydrogen) atoms. The first-order valence-electron chi connectivity index (χ1n) is 4.57. The molecule has 0 aliphatic carbocycles. The zero-order valence-corrected chi connectivity index (χ0v) is 9.26. The lowest BCUT2D eigenvalue weighted by molar-refractivity contribution is -0.142. The van der Waals surface area contributed by atoms with Crippen molar-refractivity contribution in [1.82, 2.24) is 0 Å². The smallest absolute Gasteiger partial charge is 0.305 e. The number of rotatable bonds is 1. The quantitative estimate of drug-likeness (QED) is 0.458. The first-order valence-corrected chi connectivity index (χ1v) is 6.80. The number of carbonyl (C=O) groups is 1. The third-order valence-electron chi connectivity index (χ3n) is 1.58. The lowest BCUT2D eigenvalue weighted by Crippen LogP contribution is -2.00. The second kappa shape index (κ2) is 8.52. The van der Waals surface area contributed by atoms with E-state index < -0.39 is 0 Å². The summed E-state index contributed by atoms with van der Waals surface area (Å²) in [5.41, 5.74) is 2.01. The van der Waals surface area contributed by atoms with E-state index in [0.29, 0.717) is 13.0 Å². The van der Waals surface area contributed by atoms with E-state index in [4.69, 9.17) is 4.74 Å². The second-order valence-corrected chi connectivity index (χ2v) is 4.12. The van der Waals surface area contributed by atoms with Gasteiger partial charge in [-0.05, 0) is 19.3 Å². The van der Waals surface area contributed by atoms with Gasteiger partial charge in [0.25, 0.3) is 0 Å². The number of ether oxygens (including phenoxy) is 1. The summed E-state index contributed by atoms with van der Waals surface area (Å²) in [6, 6.07) is 0. The van der Waals surface area contributed by atoms with E-state index in [1.165, 1.54) is 0 Å². The molecule has 1 aliphatic heterocycles. The normalized spacial score (nSPS) is 17.6. The first kappa shape index (κ1) is 11.4. The lowest BCUT2D eigenvalue weighted by Gasteiger charge is -1.93. The van der Waals surface area contributed by atoms with E-state index in [2.05, 4.69) is 13.1 Å². The topological polar surface area (TPSA) is 26.3 Å². The molecule has 3 heteroatoms. The van der Waals surface area contributed by atoms with Gasteiger partial charge in [0.15, 0.2) is 0 Å². The van der Waals surface area contributed by atoms with Gasteiger partial charge in [-0.2, -0.15) is 0 Å². The van der Waals surface area contributed by atoms with Gasteiger partial charge in [-0.25, -0.2) is 0 Å². The molecule has 70 valence electrons. The summed E-state index contributed by atoms with van der Waals surface area (Å²) in [5.74, 6) is -0.0255. The van der Waals surface area contributed by atoms with Crippen LogP contribution in [0.1, 0.15) is 25.7 Å². The molecule has 0 unspecified atom stereocenters. The van der Waals surface area contributed by atoms with Crippen LogP contribution >= 0.6 is 0 Å². The van der Waals surface area contributed by atoms with Crippen molar-refractivity contribution in [3.8, 4) is 0 Å². The molecular formula is C9H18O2Si. The maximum Gasteiger partial charge on any atom is 0.305 e. The zero-order chi connectivity index (χ0) is 9.23. The van der Waals surface area contributed by atoms with E-state index in [1.54, 1.807) is 0 Å². The average molecular weight is 186 g/mol. The lowest BCUT2D eigenvalue weighted by atomic mass is 10.2. The van der Waals surface area contributed by atoms with Gasteiger partial charge in [0, 0.05) is 15.9 Å². The highest BCUT2D eigenvalue weighted by Gasteiger charge is 2.05. The third kappa shape index (κ3) is 7.53. The van der Waals surface area contributed by atoms with Crippen LogP contribution in [0.5, 0.6) is 0 Å². The summed E-state index contributed by atoms with van der Waals surface area (Å²) >= 11 is 0. The minimum Gasteiger partial charge on any atom is -0.466 e. The Labute approximate surface area is 76.8 Å². The molecule has 1 rings (SSSR count). The van der Waals surface area contributed by atoms with E-state index in [-0.39, 0.29) is 15.5 Å². The SMILES string of the molecule is C=C[SiH2]C.O=C1CCCCCO1. The molecule has 1 heterocycles. The molecule has 0 radical (unpaired) electrons. The van der Waals surface area contributed by atoms with Crippen molar-refractivity contribution in [3.05, 3.63) is 12.3 Å². The zero-order valence-electron chi connectivity index (χ0n) is 7.84. The van der Waals surface area contributed by atoms with Gasteiger partial charge in [-0.15, -0.1) is 12.3 Å². The molecule has 0 aromatic carbocycles. The Morgan fingerprint density at radius 1 is 1.50 bits per heavy atom. The maximum absolute atomic E-state index is 10.5. The number of esters is 1. The Balaban J connectivity index is 0.000000261. The molecule has 0 atom stereocenters. The minimum atomic E-state index is -0.0255. The Morgan fingerprint density at radius 3 is 2.75 bits per heavy atom. The molecule has 2 nitrogen and oxygen atoms in total. The van der Waals surface area contributed by atoms with Crippen LogP contribution in [0.3, 0.4) is 0 Å². The van der Waals surface area contributed by atoms with Crippen LogP contribution in [0.4, 0.5) is 0 Å². The molecule has 1 saturated heterocycles. The number of hydrogen-bond donors (Lipinski definition) is 0. The number of hydrogen-bond acceptors (Lipinski definition) is 2. The van der Waals surface area contributed by atoms with Crippen molar-refractivity contribution in [3.63, 3.8) is 0 Å². The van der Waals surface area contributed by atoms with E-state index >= 15 is 0 Å². The molecular weight excluding hydrogens is 168 g/mol. The molecule has 1 fully saturated rings. The van der Waals surface area contributed by atoms with E-state index in [0.717, 1.165) is 19.3 Å². The highest BCUT2D eigenvalue weighted by Crippen LogP contribution is 2.06. The monoisotopic (exact) mass is 186 g/mol. The summed E-state index contributed by atoms with van der Waals surface area (Å²) in [6.07, 6.45) is 3.83. The largest absolute Gasteiger partial charge is 0.466 e. The van der Waals surface area contributed by atoms with Gasteiger partial charge in [-0.1, -0.05) is 6.55 Å². The average Bonchev–Trinajstić information content (AvgIpc) is 2.33. The molecule has 0 bridgehead atoms. The molecule has 0 aromatic heterocycles. The van der Waals surface area contributed by atoms with Crippen molar-refractivity contribution >= 4 is 15.5 Å². The van der Waals surface area contributed by atoms with Crippen molar-refractivity contribution in [2.45, 2.75) is 32.2 Å². The van der Waals surface area contributed by atoms with E-state index in [1.807, 2.05) is 5.70 Å². The fraction of sp³-hybridized carbons (Fsp3) is 0.667. The van der Waals surface area contributed by atoms with E-state index in [9.17, 15) is 4.79 Å². The van der Waals surface area contributed by atoms with Gasteiger partial charge >= 0.3 is 5.97 Å². The van der Waals surface area contributed by atoms with Crippen molar-refractivity contribution in [1.29, 1.82) is 0 Å². The van der Waals surface area contributed by atoms with Crippen LogP contribution in [-0.4, -0.2) is 22.1 Å². The second-order valence-electron chi connectivity index (χ2n) is 2.73. The molecule has 0 N–H and O–H groups in total. The first-order chi connectivity index (χ1) is 5.81. The van der Waals surface area contributed by atoms with Crippen molar-refractivity contribution in [2.24, 2.45) is 0 Å². The van der Waals surface area contributed by atoms with Crippen molar-refractivity contribution in [2.75, 3.05) is 6.61 Å². The van der Waals surface area contributed by atoms with Crippen LogP contribution in [0, 0.1) is 0 Å². The summed E-state index contributed by atoms with van der Waals surface area (Å²) < 4.78 is 4.76. The third-order valence-corrected chi connectivity index (χ3v) is 2.15. The summed E-state index contributed by atoms with van der Waals surface area (Å²) in [6.45, 7) is 6.38. The Bertz CT molecular complexity index is 124. The summed E-state index contributed by atoms with van der Waals surface area (Å²) in [4.78, 5) is 10.5. The molecule has 1 aliphatic rings. The van der Waals surface area contributed by atoms with Crippen LogP contribution in [0.25, 0.3) is 0 Å². The molecule has 0 aromatic rings. The standard InChI is InChI=1S/C6H10O2.C3H8Si/c7-6-4-2-1-3-5-8-6;1-3-4-2/h1-5H2;3H,1,4H2,2H3. The highest BCUT2D eigenvalue weighted by atomic mass is 28.2. The van der Waals surface area contributed by atoms with Gasteiger partial charge in [0.05, 0.1) is 6.61 Å². The fourth-order valence-electron chi connectivity index (χ4n) is 0.806. The van der Waals surface area contributed by atoms with Crippen LogP contribution in [0.2, 0.25) is 6.55 Å². The van der Waals surface area contributed by atoms with Gasteiger partial charge in [0.2, 0.25) is 0 Å². The Hall–Kier alpha value is -0.573. The van der Waals surface area contributed by atoms with Gasteiger partial charge in [0.1, 0.15) is 0 Å². The van der Waals surface area contributed by atoms with Gasteiger partial charge < -0.3 is 4.74 Å². The van der Waals surface area contributed by atoms with Crippen LogP contribution < -0.4 is 0 Å². The summed E-state index contributed by atoms with van der Waals surface area (Å²) in [5, 5.41) is 0. The maximum atomic E-state index is 10.5. The fourth-order valence-corrected chi connectivity index (χ4v) is 0.806. The highest BCUT2D eigenvalue weighted by molar-refractivity contribution is 6.39. The Morgan fingerprint density at radius 2 is 2.17 bits per heavy atom. The minimum absolute atomic E-state index is 0.0255. The Kier molecular flexibility index (Phi) is 8.12. The van der Waals surface area contributed by atoms with Crippen LogP contribution in [0.15, 0.2) is 12.3 Å². The van der Waals surface area contributed by atoms with Crippen LogP contribution in [-0.2, 0) is 9.53 Å². The summed E-state index contributed by atoms with van der Waals surface area (Å²) in [7, 11) is 0.188. The molecule has 0 spiro atoms. The van der Waals surface area contributed by atoms with Gasteiger partial charge in [-0.3, -0.25) is 4.79 Å². The molecule has 0 amide bonds. The van der Waals surface area contributed by atoms with Crippen molar-refractivity contribution < 1.29 is 9.53 Å². The molecule has 0 saturated carbocycles. The number of cyclic esters (lactones) is 1. The predicted molar refractivity (Wildman–Crippen MR) is 54.0 cm³/mol. The predicted octanol–water partition coefficient (Wildman–Crippen LogP) is 1.45. The number of carbonyl (C=O) groups excluding carboxylic acids is 1.